The number of carbonyl (C=O) groups excluding carboxylic acids is 2. The normalized spacial score (nSPS) is 9.13. The number of nitrogens with zero attached hydrogens (tertiary/aromatic N) is 1. The fourth-order valence-electron chi connectivity index (χ4n) is 1.16. The molecular weight excluding hydrogens is 218 g/mol. The number of hydrogen-bond donors (Lipinski definition) is 0. The molecule has 1 rings (SSSR count). The van der Waals surface area contributed by atoms with Gasteiger partial charge in [0, 0.05) is 5.56 Å². The average molecular weight is 224 g/mol. The van der Waals surface area contributed by atoms with Gasteiger partial charge in [-0.05, 0) is 23.7 Å². The monoisotopic (exact) mass is 223 g/mol. The lowest BCUT2D eigenvalue weighted by molar-refractivity contribution is 0.106. The van der Waals surface area contributed by atoms with E-state index in [1.54, 1.807) is 6.07 Å². The van der Waals surface area contributed by atoms with Crippen LogP contribution in [0.2, 0.25) is 0 Å². The minimum absolute atomic E-state index is 0.0245. The molecule has 0 unspecified atom stereocenters. The van der Waals surface area contributed by atoms with Gasteiger partial charge in [-0.3, -0.25) is 9.59 Å². The van der Waals surface area contributed by atoms with Crippen molar-refractivity contribution in [3.8, 4) is 11.8 Å². The van der Waals surface area contributed by atoms with E-state index in [1.807, 2.05) is 0 Å². The highest BCUT2D eigenvalue weighted by Gasteiger charge is 2.16. The molecule has 0 aliphatic rings. The summed E-state index contributed by atoms with van der Waals surface area (Å²) in [4.78, 5) is 21.7. The molecule has 0 heterocycles. The van der Waals surface area contributed by atoms with Gasteiger partial charge < -0.3 is 4.74 Å². The molecule has 0 spiro atoms. The van der Waals surface area contributed by atoms with E-state index in [0.29, 0.717) is 12.0 Å². The fraction of sp³-hybridized carbons (Fsp3) is 0.100. The van der Waals surface area contributed by atoms with Crippen LogP contribution >= 0.6 is 11.6 Å². The first-order valence-corrected chi connectivity index (χ1v) is 4.29. The van der Waals surface area contributed by atoms with Crippen LogP contribution in [0.15, 0.2) is 12.1 Å². The minimum atomic E-state index is -0.837. The standard InChI is InChI=1S/C10H6ClNO3/c1-15-8-2-6(4-12)9(10(11)14)7(3-8)5-13/h2-3,5H,1H3. The fourth-order valence-corrected chi connectivity index (χ4v) is 1.37. The van der Waals surface area contributed by atoms with Crippen LogP contribution in [0.4, 0.5) is 0 Å². The highest BCUT2D eigenvalue weighted by molar-refractivity contribution is 6.68. The summed E-state index contributed by atoms with van der Waals surface area (Å²) < 4.78 is 4.87. The van der Waals surface area contributed by atoms with E-state index < -0.39 is 5.24 Å². The SMILES string of the molecule is COc1cc(C#N)c(C(=O)Cl)c(C=O)c1. The van der Waals surface area contributed by atoms with Gasteiger partial charge in [-0.2, -0.15) is 5.26 Å². The second-order valence-corrected chi connectivity index (χ2v) is 2.99. The van der Waals surface area contributed by atoms with Crippen molar-refractivity contribution in [3.63, 3.8) is 0 Å². The number of rotatable bonds is 3. The van der Waals surface area contributed by atoms with E-state index in [2.05, 4.69) is 0 Å². The quantitative estimate of drug-likeness (QED) is 0.578. The molecule has 0 aliphatic heterocycles. The summed E-state index contributed by atoms with van der Waals surface area (Å²) in [6, 6.07) is 4.48. The number of aldehydes is 1. The summed E-state index contributed by atoms with van der Waals surface area (Å²) in [6.45, 7) is 0. The summed E-state index contributed by atoms with van der Waals surface area (Å²) in [5.74, 6) is 0.329. The molecule has 0 amide bonds. The second-order valence-electron chi connectivity index (χ2n) is 2.64. The van der Waals surface area contributed by atoms with Crippen LogP contribution in [0.25, 0.3) is 0 Å². The van der Waals surface area contributed by atoms with Crippen molar-refractivity contribution in [2.45, 2.75) is 0 Å². The Bertz CT molecular complexity index is 462. The molecule has 0 atom stereocenters. The van der Waals surface area contributed by atoms with E-state index >= 15 is 0 Å². The Morgan fingerprint density at radius 2 is 2.27 bits per heavy atom. The number of benzene rings is 1. The van der Waals surface area contributed by atoms with Crippen molar-refractivity contribution in [2.75, 3.05) is 7.11 Å². The predicted octanol–water partition coefficient (Wildman–Crippen LogP) is 1.76. The molecule has 0 aromatic heterocycles. The minimum Gasteiger partial charge on any atom is -0.497 e. The first-order chi connectivity index (χ1) is 7.13. The lowest BCUT2D eigenvalue weighted by Gasteiger charge is -2.05. The third-order valence-electron chi connectivity index (χ3n) is 1.82. The topological polar surface area (TPSA) is 67.2 Å². The number of halogens is 1. The molecule has 0 radical (unpaired) electrons. The maximum Gasteiger partial charge on any atom is 0.254 e. The molecule has 0 aliphatic carbocycles. The highest BCUT2D eigenvalue weighted by atomic mass is 35.5. The van der Waals surface area contributed by atoms with E-state index in [0.717, 1.165) is 0 Å². The van der Waals surface area contributed by atoms with Gasteiger partial charge in [-0.15, -0.1) is 0 Å². The lowest BCUT2D eigenvalue weighted by atomic mass is 10.0. The summed E-state index contributed by atoms with van der Waals surface area (Å²) >= 11 is 5.28. The summed E-state index contributed by atoms with van der Waals surface area (Å²) in [5, 5.41) is 7.94. The van der Waals surface area contributed by atoms with Crippen molar-refractivity contribution >= 4 is 23.1 Å². The van der Waals surface area contributed by atoms with Crippen LogP contribution < -0.4 is 4.74 Å². The Labute approximate surface area is 91.0 Å². The van der Waals surface area contributed by atoms with Gasteiger partial charge in [0.25, 0.3) is 5.24 Å². The molecule has 5 heteroatoms. The third-order valence-corrected chi connectivity index (χ3v) is 2.01. The molecule has 0 saturated heterocycles. The van der Waals surface area contributed by atoms with Crippen LogP contribution in [-0.2, 0) is 0 Å². The smallest absolute Gasteiger partial charge is 0.254 e. The zero-order valence-corrected chi connectivity index (χ0v) is 8.54. The van der Waals surface area contributed by atoms with Crippen molar-refractivity contribution < 1.29 is 14.3 Å². The number of nitriles is 1. The zero-order valence-electron chi connectivity index (χ0n) is 7.78. The van der Waals surface area contributed by atoms with Crippen LogP contribution in [0, 0.1) is 11.3 Å². The van der Waals surface area contributed by atoms with Crippen LogP contribution in [0.5, 0.6) is 5.75 Å². The number of ether oxygens (including phenoxy) is 1. The number of carbonyl (C=O) groups is 2. The molecule has 1 aromatic rings. The van der Waals surface area contributed by atoms with Gasteiger partial charge in [0.1, 0.15) is 11.8 Å². The molecule has 76 valence electrons. The van der Waals surface area contributed by atoms with Gasteiger partial charge in [-0.25, -0.2) is 0 Å². The molecular formula is C10H6ClNO3. The van der Waals surface area contributed by atoms with E-state index in [-0.39, 0.29) is 16.7 Å². The van der Waals surface area contributed by atoms with Crippen molar-refractivity contribution in [1.82, 2.24) is 0 Å². The molecule has 1 aromatic carbocycles. The number of methoxy groups -OCH3 is 1. The van der Waals surface area contributed by atoms with Crippen molar-refractivity contribution in [3.05, 3.63) is 28.8 Å². The Kier molecular flexibility index (Phi) is 3.42. The Morgan fingerprint density at radius 3 is 2.67 bits per heavy atom. The second kappa shape index (κ2) is 4.58. The van der Waals surface area contributed by atoms with E-state index in [9.17, 15) is 9.59 Å². The first kappa shape index (κ1) is 11.2. The molecule has 0 fully saturated rings. The zero-order chi connectivity index (χ0) is 11.4. The van der Waals surface area contributed by atoms with Crippen LogP contribution in [0.1, 0.15) is 26.3 Å². The highest BCUT2D eigenvalue weighted by Crippen LogP contribution is 2.22. The molecule has 0 N–H and O–H groups in total. The van der Waals surface area contributed by atoms with Crippen LogP contribution in [0.3, 0.4) is 0 Å². The van der Waals surface area contributed by atoms with Gasteiger partial charge in [0.05, 0.1) is 18.2 Å². The first-order valence-electron chi connectivity index (χ1n) is 3.91. The van der Waals surface area contributed by atoms with Gasteiger partial charge >= 0.3 is 0 Å². The number of hydrogen-bond acceptors (Lipinski definition) is 4. The molecule has 0 bridgehead atoms. The average Bonchev–Trinajstić information content (AvgIpc) is 2.26. The molecule has 4 nitrogen and oxygen atoms in total. The summed E-state index contributed by atoms with van der Waals surface area (Å²) in [7, 11) is 1.40. The predicted molar refractivity (Wildman–Crippen MR) is 53.3 cm³/mol. The molecule has 0 saturated carbocycles. The molecule has 15 heavy (non-hydrogen) atoms. The largest absolute Gasteiger partial charge is 0.497 e. The Hall–Kier alpha value is -1.86. The third kappa shape index (κ3) is 2.14. The van der Waals surface area contributed by atoms with Crippen LogP contribution in [-0.4, -0.2) is 18.6 Å². The van der Waals surface area contributed by atoms with Crippen molar-refractivity contribution in [1.29, 1.82) is 5.26 Å². The van der Waals surface area contributed by atoms with E-state index in [4.69, 9.17) is 21.6 Å². The lowest BCUT2D eigenvalue weighted by Crippen LogP contribution is -2.01. The van der Waals surface area contributed by atoms with Gasteiger partial charge in [0.15, 0.2) is 6.29 Å². The summed E-state index contributed by atoms with van der Waals surface area (Å²) in [5.41, 5.74) is -0.0164. The summed E-state index contributed by atoms with van der Waals surface area (Å²) in [6.07, 6.45) is 0.457. The van der Waals surface area contributed by atoms with Gasteiger partial charge in [0.2, 0.25) is 0 Å². The van der Waals surface area contributed by atoms with Gasteiger partial charge in [-0.1, -0.05) is 0 Å². The Morgan fingerprint density at radius 1 is 1.60 bits per heavy atom. The Balaban J connectivity index is 3.55. The van der Waals surface area contributed by atoms with Crippen molar-refractivity contribution in [2.24, 2.45) is 0 Å². The maximum atomic E-state index is 11.0. The maximum absolute atomic E-state index is 11.0. The van der Waals surface area contributed by atoms with E-state index in [1.165, 1.54) is 19.2 Å².